The SMILES string of the molecule is CNC(CCCN=C(N)N)C(=O)NCC(N)=O. The molecule has 0 radical (unpaired) electrons. The van der Waals surface area contributed by atoms with Crippen molar-refractivity contribution in [1.82, 2.24) is 10.6 Å². The predicted molar refractivity (Wildman–Crippen MR) is 65.0 cm³/mol. The lowest BCUT2D eigenvalue weighted by Crippen LogP contribution is -2.45. The number of aliphatic imine (C=N–C) groups is 1. The molecule has 1 unspecified atom stereocenters. The van der Waals surface area contributed by atoms with E-state index in [2.05, 4.69) is 15.6 Å². The van der Waals surface area contributed by atoms with E-state index in [1.165, 1.54) is 0 Å². The number of hydrogen-bond donors (Lipinski definition) is 5. The zero-order valence-corrected chi connectivity index (χ0v) is 9.90. The van der Waals surface area contributed by atoms with Gasteiger partial charge in [0.15, 0.2) is 5.96 Å². The Labute approximate surface area is 100.0 Å². The molecule has 0 heterocycles. The van der Waals surface area contributed by atoms with Crippen molar-refractivity contribution in [2.75, 3.05) is 20.1 Å². The van der Waals surface area contributed by atoms with Crippen LogP contribution in [0.15, 0.2) is 4.99 Å². The van der Waals surface area contributed by atoms with Crippen LogP contribution in [-0.4, -0.2) is 44.0 Å². The zero-order valence-electron chi connectivity index (χ0n) is 9.90. The van der Waals surface area contributed by atoms with Crippen LogP contribution < -0.4 is 27.8 Å². The number of carbonyl (C=O) groups excluding carboxylic acids is 2. The number of primary amides is 1. The maximum absolute atomic E-state index is 11.5. The largest absolute Gasteiger partial charge is 0.370 e. The summed E-state index contributed by atoms with van der Waals surface area (Å²) >= 11 is 0. The number of rotatable bonds is 8. The lowest BCUT2D eigenvalue weighted by molar-refractivity contribution is -0.126. The van der Waals surface area contributed by atoms with E-state index in [9.17, 15) is 9.59 Å². The van der Waals surface area contributed by atoms with Crippen molar-refractivity contribution in [3.63, 3.8) is 0 Å². The molecule has 0 saturated heterocycles. The molecule has 0 bridgehead atoms. The molecule has 0 aliphatic rings. The van der Waals surface area contributed by atoms with Crippen LogP contribution in [0.4, 0.5) is 0 Å². The van der Waals surface area contributed by atoms with Crippen molar-refractivity contribution in [2.45, 2.75) is 18.9 Å². The van der Waals surface area contributed by atoms with Gasteiger partial charge in [0.1, 0.15) is 0 Å². The van der Waals surface area contributed by atoms with E-state index in [0.29, 0.717) is 19.4 Å². The summed E-state index contributed by atoms with van der Waals surface area (Å²) in [6.07, 6.45) is 1.23. The van der Waals surface area contributed by atoms with Gasteiger partial charge < -0.3 is 27.8 Å². The number of likely N-dealkylation sites (N-methyl/N-ethyl adjacent to an activating group) is 1. The molecular weight excluding hydrogens is 224 g/mol. The van der Waals surface area contributed by atoms with Gasteiger partial charge in [-0.3, -0.25) is 14.6 Å². The number of nitrogens with zero attached hydrogens (tertiary/aromatic N) is 1. The Hall–Kier alpha value is -1.83. The van der Waals surface area contributed by atoms with Crippen molar-refractivity contribution < 1.29 is 9.59 Å². The average Bonchev–Trinajstić information content (AvgIpc) is 2.25. The topological polar surface area (TPSA) is 149 Å². The molecule has 0 fully saturated rings. The molecule has 0 rings (SSSR count). The number of nitrogens with one attached hydrogen (secondary N) is 2. The van der Waals surface area contributed by atoms with Gasteiger partial charge in [0, 0.05) is 6.54 Å². The van der Waals surface area contributed by atoms with Gasteiger partial charge in [-0.15, -0.1) is 0 Å². The Kier molecular flexibility index (Phi) is 7.44. The molecule has 8 nitrogen and oxygen atoms in total. The summed E-state index contributed by atoms with van der Waals surface area (Å²) in [4.78, 5) is 25.8. The van der Waals surface area contributed by atoms with Crippen LogP contribution in [0.1, 0.15) is 12.8 Å². The first kappa shape index (κ1) is 15.2. The van der Waals surface area contributed by atoms with Crippen LogP contribution >= 0.6 is 0 Å². The molecule has 98 valence electrons. The number of amides is 2. The average molecular weight is 244 g/mol. The van der Waals surface area contributed by atoms with Crippen molar-refractivity contribution in [2.24, 2.45) is 22.2 Å². The Morgan fingerprint density at radius 1 is 1.29 bits per heavy atom. The van der Waals surface area contributed by atoms with Gasteiger partial charge in [0.2, 0.25) is 11.8 Å². The quantitative estimate of drug-likeness (QED) is 0.178. The highest BCUT2D eigenvalue weighted by molar-refractivity contribution is 5.86. The van der Waals surface area contributed by atoms with Crippen molar-refractivity contribution >= 4 is 17.8 Å². The number of guanidine groups is 1. The highest BCUT2D eigenvalue weighted by atomic mass is 16.2. The van der Waals surface area contributed by atoms with Gasteiger partial charge in [-0.2, -0.15) is 0 Å². The first-order valence-electron chi connectivity index (χ1n) is 5.26. The monoisotopic (exact) mass is 244 g/mol. The molecule has 17 heavy (non-hydrogen) atoms. The van der Waals surface area contributed by atoms with E-state index in [4.69, 9.17) is 17.2 Å². The van der Waals surface area contributed by atoms with Gasteiger partial charge in [0.05, 0.1) is 12.6 Å². The zero-order chi connectivity index (χ0) is 13.3. The van der Waals surface area contributed by atoms with Gasteiger partial charge in [-0.1, -0.05) is 0 Å². The summed E-state index contributed by atoms with van der Waals surface area (Å²) in [5.74, 6) is -0.811. The van der Waals surface area contributed by atoms with E-state index < -0.39 is 5.91 Å². The highest BCUT2D eigenvalue weighted by Gasteiger charge is 2.15. The van der Waals surface area contributed by atoms with E-state index >= 15 is 0 Å². The Morgan fingerprint density at radius 2 is 1.94 bits per heavy atom. The van der Waals surface area contributed by atoms with Crippen LogP contribution in [0.25, 0.3) is 0 Å². The van der Waals surface area contributed by atoms with E-state index in [0.717, 1.165) is 0 Å². The number of carbonyl (C=O) groups is 2. The van der Waals surface area contributed by atoms with Crippen LogP contribution in [-0.2, 0) is 9.59 Å². The van der Waals surface area contributed by atoms with Crippen molar-refractivity contribution in [1.29, 1.82) is 0 Å². The summed E-state index contributed by atoms with van der Waals surface area (Å²) in [5, 5.41) is 5.26. The van der Waals surface area contributed by atoms with E-state index in [1.807, 2.05) is 0 Å². The van der Waals surface area contributed by atoms with Gasteiger partial charge in [-0.05, 0) is 19.9 Å². The Morgan fingerprint density at radius 3 is 2.41 bits per heavy atom. The fourth-order valence-electron chi connectivity index (χ4n) is 1.21. The molecule has 1 atom stereocenters. The molecule has 0 aromatic rings. The summed E-state index contributed by atoms with van der Waals surface area (Å²) in [6.45, 7) is 0.300. The molecular formula is C9H20N6O2. The first-order chi connectivity index (χ1) is 7.97. The second kappa shape index (κ2) is 8.34. The molecule has 0 spiro atoms. The molecule has 8 N–H and O–H groups in total. The fraction of sp³-hybridized carbons (Fsp3) is 0.667. The fourth-order valence-corrected chi connectivity index (χ4v) is 1.21. The molecule has 0 aromatic carbocycles. The lowest BCUT2D eigenvalue weighted by Gasteiger charge is -2.14. The second-order valence-electron chi connectivity index (χ2n) is 3.47. The minimum absolute atomic E-state index is 0.0317. The van der Waals surface area contributed by atoms with Gasteiger partial charge in [0.25, 0.3) is 0 Å². The number of hydrogen-bond acceptors (Lipinski definition) is 4. The number of nitrogens with two attached hydrogens (primary N) is 3. The maximum Gasteiger partial charge on any atom is 0.237 e. The Balaban J connectivity index is 3.93. The van der Waals surface area contributed by atoms with Crippen LogP contribution in [0.2, 0.25) is 0 Å². The molecule has 0 aromatic heterocycles. The van der Waals surface area contributed by atoms with Gasteiger partial charge in [-0.25, -0.2) is 0 Å². The van der Waals surface area contributed by atoms with Crippen molar-refractivity contribution in [3.05, 3.63) is 0 Å². The summed E-state index contributed by atoms with van der Waals surface area (Å²) < 4.78 is 0. The molecule has 2 amide bonds. The maximum atomic E-state index is 11.5. The summed E-state index contributed by atoms with van der Waals surface area (Å²) in [5.41, 5.74) is 15.2. The predicted octanol–water partition coefficient (Wildman–Crippen LogP) is -2.77. The smallest absolute Gasteiger partial charge is 0.237 e. The molecule has 0 aliphatic heterocycles. The summed E-state index contributed by atoms with van der Waals surface area (Å²) in [6, 6.07) is -0.386. The van der Waals surface area contributed by atoms with Crippen LogP contribution in [0.5, 0.6) is 0 Å². The normalized spacial score (nSPS) is 11.6. The van der Waals surface area contributed by atoms with Crippen LogP contribution in [0, 0.1) is 0 Å². The minimum atomic E-state index is -0.575. The lowest BCUT2D eigenvalue weighted by atomic mass is 10.1. The van der Waals surface area contributed by atoms with Gasteiger partial charge >= 0.3 is 0 Å². The minimum Gasteiger partial charge on any atom is -0.370 e. The van der Waals surface area contributed by atoms with Crippen LogP contribution in [0.3, 0.4) is 0 Å². The third kappa shape index (κ3) is 8.03. The summed E-state index contributed by atoms with van der Waals surface area (Å²) in [7, 11) is 1.66. The highest BCUT2D eigenvalue weighted by Crippen LogP contribution is 1.97. The molecule has 8 heteroatoms. The van der Waals surface area contributed by atoms with E-state index in [1.54, 1.807) is 7.05 Å². The molecule has 0 aliphatic carbocycles. The van der Waals surface area contributed by atoms with E-state index in [-0.39, 0.29) is 24.5 Å². The standard InChI is InChI=1S/C9H20N6O2/c1-13-6(3-2-4-14-9(11)12)8(17)15-5-7(10)16/h6,13H,2-5H2,1H3,(H2,10,16)(H,15,17)(H4,11,12,14). The molecule has 0 saturated carbocycles. The third-order valence-electron chi connectivity index (χ3n) is 2.05. The van der Waals surface area contributed by atoms with Crippen molar-refractivity contribution in [3.8, 4) is 0 Å². The Bertz CT molecular complexity index is 287. The third-order valence-corrected chi connectivity index (χ3v) is 2.05. The first-order valence-corrected chi connectivity index (χ1v) is 5.26. The second-order valence-corrected chi connectivity index (χ2v) is 3.47.